The summed E-state index contributed by atoms with van der Waals surface area (Å²) < 4.78 is 0. The van der Waals surface area contributed by atoms with Crippen molar-refractivity contribution >= 4 is 5.97 Å². The van der Waals surface area contributed by atoms with Crippen LogP contribution in [0.5, 0.6) is 0 Å². The van der Waals surface area contributed by atoms with Gasteiger partial charge in [0.2, 0.25) is 0 Å². The largest absolute Gasteiger partial charge is 0.481 e. The number of aliphatic carboxylic acids is 1. The summed E-state index contributed by atoms with van der Waals surface area (Å²) in [6, 6.07) is 1.96. The Kier molecular flexibility index (Phi) is 2.47. The Hall–Kier alpha value is -1.38. The maximum atomic E-state index is 10.9. The summed E-state index contributed by atoms with van der Waals surface area (Å²) in [5.74, 6) is -0.710. The van der Waals surface area contributed by atoms with Gasteiger partial charge in [0.25, 0.3) is 0 Å². The number of aryl methyl sites for hydroxylation is 1. The molecule has 0 unspecified atom stereocenters. The minimum atomic E-state index is -0.710. The average Bonchev–Trinajstić information content (AvgIpc) is 2.12. The molecule has 1 saturated carbocycles. The van der Waals surface area contributed by atoms with E-state index in [4.69, 9.17) is 5.11 Å². The first-order chi connectivity index (χ1) is 7.14. The Morgan fingerprint density at radius 1 is 1.60 bits per heavy atom. The smallest absolute Gasteiger partial charge is 0.304 e. The molecule has 15 heavy (non-hydrogen) atoms. The molecule has 1 aliphatic rings. The highest BCUT2D eigenvalue weighted by Crippen LogP contribution is 2.47. The number of pyridine rings is 1. The van der Waals surface area contributed by atoms with Crippen LogP contribution < -0.4 is 0 Å². The molecule has 0 aromatic carbocycles. The second-order valence-electron chi connectivity index (χ2n) is 4.39. The van der Waals surface area contributed by atoms with Gasteiger partial charge in [-0.1, -0.05) is 6.42 Å². The molecule has 1 N–H and O–H groups in total. The quantitative estimate of drug-likeness (QED) is 0.823. The number of carboxylic acids is 1. The van der Waals surface area contributed by atoms with Crippen LogP contribution in [0.4, 0.5) is 0 Å². The van der Waals surface area contributed by atoms with Gasteiger partial charge in [0.15, 0.2) is 0 Å². The maximum Gasteiger partial charge on any atom is 0.304 e. The van der Waals surface area contributed by atoms with Gasteiger partial charge in [-0.2, -0.15) is 0 Å². The van der Waals surface area contributed by atoms with E-state index in [1.165, 1.54) is 0 Å². The minimum absolute atomic E-state index is 0.135. The second kappa shape index (κ2) is 3.65. The van der Waals surface area contributed by atoms with Crippen LogP contribution >= 0.6 is 0 Å². The third-order valence-electron chi connectivity index (χ3n) is 3.41. The first-order valence-electron chi connectivity index (χ1n) is 5.27. The zero-order valence-corrected chi connectivity index (χ0v) is 8.86. The van der Waals surface area contributed by atoms with Crippen molar-refractivity contribution in [3.8, 4) is 0 Å². The molecule has 1 heterocycles. The van der Waals surface area contributed by atoms with Crippen molar-refractivity contribution in [2.24, 2.45) is 0 Å². The zero-order valence-electron chi connectivity index (χ0n) is 8.86. The Bertz CT molecular complexity index is 383. The van der Waals surface area contributed by atoms with Crippen LogP contribution in [0.1, 0.15) is 36.8 Å². The van der Waals surface area contributed by atoms with Crippen molar-refractivity contribution in [1.29, 1.82) is 0 Å². The highest BCUT2D eigenvalue weighted by atomic mass is 16.4. The Balaban J connectivity index is 2.34. The number of rotatable bonds is 3. The summed E-state index contributed by atoms with van der Waals surface area (Å²) in [6.45, 7) is 2.03. The first kappa shape index (κ1) is 10.1. The van der Waals surface area contributed by atoms with Gasteiger partial charge in [-0.25, -0.2) is 0 Å². The van der Waals surface area contributed by atoms with E-state index in [0.29, 0.717) is 0 Å². The van der Waals surface area contributed by atoms with Crippen LogP contribution in [0, 0.1) is 6.92 Å². The van der Waals surface area contributed by atoms with Gasteiger partial charge in [-0.3, -0.25) is 9.78 Å². The molecule has 1 fully saturated rings. The molecule has 1 aromatic heterocycles. The van der Waals surface area contributed by atoms with Crippen molar-refractivity contribution in [2.75, 3.05) is 0 Å². The number of aromatic nitrogens is 1. The number of nitrogens with zero attached hydrogens (tertiary/aromatic N) is 1. The molecule has 0 spiro atoms. The van der Waals surface area contributed by atoms with E-state index in [-0.39, 0.29) is 11.8 Å². The van der Waals surface area contributed by atoms with Crippen LogP contribution in [0.2, 0.25) is 0 Å². The Morgan fingerprint density at radius 3 is 2.80 bits per heavy atom. The Labute approximate surface area is 89.2 Å². The topological polar surface area (TPSA) is 50.2 Å². The first-order valence-corrected chi connectivity index (χ1v) is 5.27. The van der Waals surface area contributed by atoms with Gasteiger partial charge in [0.05, 0.1) is 6.42 Å². The molecule has 2 rings (SSSR count). The molecule has 0 atom stereocenters. The highest BCUT2D eigenvalue weighted by Gasteiger charge is 2.41. The molecule has 0 saturated heterocycles. The number of carboxylic acid groups (broad SMARTS) is 1. The average molecular weight is 205 g/mol. The molecule has 0 aliphatic heterocycles. The predicted molar refractivity (Wildman–Crippen MR) is 56.8 cm³/mol. The molecule has 0 radical (unpaired) electrons. The van der Waals surface area contributed by atoms with E-state index in [0.717, 1.165) is 30.4 Å². The predicted octanol–water partition coefficient (Wildman–Crippen LogP) is 2.29. The summed E-state index contributed by atoms with van der Waals surface area (Å²) in [7, 11) is 0. The fourth-order valence-corrected chi connectivity index (χ4v) is 2.45. The van der Waals surface area contributed by atoms with Gasteiger partial charge in [-0.05, 0) is 37.0 Å². The van der Waals surface area contributed by atoms with Crippen LogP contribution in [0.25, 0.3) is 0 Å². The lowest BCUT2D eigenvalue weighted by atomic mass is 9.62. The van der Waals surface area contributed by atoms with Crippen molar-refractivity contribution in [1.82, 2.24) is 4.98 Å². The maximum absolute atomic E-state index is 10.9. The standard InChI is InChI=1S/C12H15NO2/c1-9-3-6-13-8-10(9)12(4-2-5-12)7-11(14)15/h3,6,8H,2,4-5,7H2,1H3,(H,14,15). The molecule has 0 amide bonds. The van der Waals surface area contributed by atoms with Crippen LogP contribution in [-0.4, -0.2) is 16.1 Å². The molecule has 3 nitrogen and oxygen atoms in total. The summed E-state index contributed by atoms with van der Waals surface area (Å²) in [4.78, 5) is 15.0. The second-order valence-corrected chi connectivity index (χ2v) is 4.39. The van der Waals surface area contributed by atoms with Crippen molar-refractivity contribution < 1.29 is 9.90 Å². The number of hydrogen-bond acceptors (Lipinski definition) is 2. The molecule has 3 heteroatoms. The lowest BCUT2D eigenvalue weighted by Gasteiger charge is -2.42. The van der Waals surface area contributed by atoms with Gasteiger partial charge in [0.1, 0.15) is 0 Å². The lowest BCUT2D eigenvalue weighted by Crippen LogP contribution is -2.37. The SMILES string of the molecule is Cc1ccncc1C1(CC(=O)O)CCC1. The van der Waals surface area contributed by atoms with E-state index in [9.17, 15) is 4.79 Å². The van der Waals surface area contributed by atoms with Crippen LogP contribution in [0.15, 0.2) is 18.5 Å². The minimum Gasteiger partial charge on any atom is -0.481 e. The number of carbonyl (C=O) groups is 1. The molecule has 1 aromatic rings. The van der Waals surface area contributed by atoms with Gasteiger partial charge < -0.3 is 5.11 Å². The summed E-state index contributed by atoms with van der Waals surface area (Å²) in [5.41, 5.74) is 2.15. The Morgan fingerprint density at radius 2 is 2.33 bits per heavy atom. The lowest BCUT2D eigenvalue weighted by molar-refractivity contribution is -0.139. The van der Waals surface area contributed by atoms with Crippen molar-refractivity contribution in [3.63, 3.8) is 0 Å². The molecule has 80 valence electrons. The summed E-state index contributed by atoms with van der Waals surface area (Å²) in [6.07, 6.45) is 6.90. The molecule has 0 bridgehead atoms. The van der Waals surface area contributed by atoms with Gasteiger partial charge in [-0.15, -0.1) is 0 Å². The third kappa shape index (κ3) is 1.74. The zero-order chi connectivity index (χ0) is 10.9. The van der Waals surface area contributed by atoms with E-state index in [1.54, 1.807) is 6.20 Å². The van der Waals surface area contributed by atoms with Crippen molar-refractivity contribution in [2.45, 2.75) is 38.0 Å². The van der Waals surface area contributed by atoms with Crippen LogP contribution in [-0.2, 0) is 10.2 Å². The van der Waals surface area contributed by atoms with E-state index >= 15 is 0 Å². The summed E-state index contributed by atoms with van der Waals surface area (Å²) >= 11 is 0. The fraction of sp³-hybridized carbons (Fsp3) is 0.500. The normalized spacial score (nSPS) is 18.2. The third-order valence-corrected chi connectivity index (χ3v) is 3.41. The van der Waals surface area contributed by atoms with Gasteiger partial charge in [0, 0.05) is 17.8 Å². The van der Waals surface area contributed by atoms with E-state index in [2.05, 4.69) is 4.98 Å². The monoisotopic (exact) mass is 205 g/mol. The van der Waals surface area contributed by atoms with Crippen molar-refractivity contribution in [3.05, 3.63) is 29.6 Å². The highest BCUT2D eigenvalue weighted by molar-refractivity contribution is 5.69. The van der Waals surface area contributed by atoms with Gasteiger partial charge >= 0.3 is 5.97 Å². The summed E-state index contributed by atoms with van der Waals surface area (Å²) in [5, 5.41) is 8.95. The van der Waals surface area contributed by atoms with E-state index < -0.39 is 5.97 Å². The molecular formula is C12H15NO2. The van der Waals surface area contributed by atoms with Crippen LogP contribution in [0.3, 0.4) is 0 Å². The fourth-order valence-electron chi connectivity index (χ4n) is 2.45. The number of hydrogen-bond donors (Lipinski definition) is 1. The molecule has 1 aliphatic carbocycles. The van der Waals surface area contributed by atoms with E-state index in [1.807, 2.05) is 19.2 Å². The molecular weight excluding hydrogens is 190 g/mol.